The van der Waals surface area contributed by atoms with E-state index in [1.54, 1.807) is 21.1 Å². The number of ketones is 1. The molecule has 0 radical (unpaired) electrons. The van der Waals surface area contributed by atoms with Gasteiger partial charge < -0.3 is 14.2 Å². The fraction of sp³-hybridized carbons (Fsp3) is 0.250. The summed E-state index contributed by atoms with van der Waals surface area (Å²) in [6.45, 7) is 1.57. The Morgan fingerprint density at radius 1 is 1.08 bits per heavy atom. The van der Waals surface area contributed by atoms with E-state index >= 15 is 0 Å². The lowest BCUT2D eigenvalue weighted by atomic mass is 9.94. The zero-order valence-electron chi connectivity index (χ0n) is 14.0. The maximum Gasteiger partial charge on any atom is 0.161 e. The molecule has 1 aliphatic rings. The Bertz CT molecular complexity index is 778. The van der Waals surface area contributed by atoms with Crippen LogP contribution in [-0.4, -0.2) is 20.0 Å². The Balaban J connectivity index is 2.12. The summed E-state index contributed by atoms with van der Waals surface area (Å²) in [5, 5.41) is 0. The standard InChI is InChI=1S/C20H20O4/c1-13(21)9-18-16-12-20(23-3)19(22-2)11-15(16)10-17(24-18)14-7-5-4-6-8-14/h4-8,10-12,18H,9H2,1-3H3. The molecule has 0 bridgehead atoms. The van der Waals surface area contributed by atoms with Crippen LogP contribution >= 0.6 is 0 Å². The summed E-state index contributed by atoms with van der Waals surface area (Å²) in [5.41, 5.74) is 2.89. The van der Waals surface area contributed by atoms with Crippen LogP contribution in [0.2, 0.25) is 0 Å². The minimum Gasteiger partial charge on any atom is -0.493 e. The molecule has 0 saturated carbocycles. The first-order valence-electron chi connectivity index (χ1n) is 7.81. The lowest BCUT2D eigenvalue weighted by Gasteiger charge is -2.28. The molecule has 4 heteroatoms. The summed E-state index contributed by atoms with van der Waals surface area (Å²) in [7, 11) is 3.21. The number of Topliss-reactive ketones (excluding diaryl/α,β-unsaturated/α-hetero) is 1. The molecule has 24 heavy (non-hydrogen) atoms. The van der Waals surface area contributed by atoms with Gasteiger partial charge in [-0.25, -0.2) is 0 Å². The van der Waals surface area contributed by atoms with Crippen molar-refractivity contribution >= 4 is 17.6 Å². The molecule has 2 aromatic carbocycles. The van der Waals surface area contributed by atoms with Crippen LogP contribution < -0.4 is 9.47 Å². The monoisotopic (exact) mass is 324 g/mol. The molecule has 4 nitrogen and oxygen atoms in total. The van der Waals surface area contributed by atoms with Crippen molar-refractivity contribution < 1.29 is 19.0 Å². The normalized spacial score (nSPS) is 15.8. The highest BCUT2D eigenvalue weighted by Crippen LogP contribution is 2.42. The number of carbonyl (C=O) groups excluding carboxylic acids is 1. The van der Waals surface area contributed by atoms with Crippen molar-refractivity contribution in [2.45, 2.75) is 19.4 Å². The predicted octanol–water partition coefficient (Wildman–Crippen LogP) is 4.25. The van der Waals surface area contributed by atoms with Crippen LogP contribution in [-0.2, 0) is 9.53 Å². The van der Waals surface area contributed by atoms with Crippen LogP contribution in [0, 0.1) is 0 Å². The SMILES string of the molecule is COc1cc2c(cc1OC)C(CC(C)=O)OC(c1ccccc1)=C2. The summed E-state index contributed by atoms with van der Waals surface area (Å²) < 4.78 is 16.9. The van der Waals surface area contributed by atoms with Crippen LogP contribution in [0.4, 0.5) is 0 Å². The number of hydrogen-bond donors (Lipinski definition) is 0. The zero-order valence-corrected chi connectivity index (χ0v) is 14.0. The molecule has 0 amide bonds. The highest BCUT2D eigenvalue weighted by Gasteiger charge is 2.26. The molecule has 0 saturated heterocycles. The first-order chi connectivity index (χ1) is 11.6. The van der Waals surface area contributed by atoms with Crippen molar-refractivity contribution in [2.75, 3.05) is 14.2 Å². The van der Waals surface area contributed by atoms with Crippen molar-refractivity contribution in [3.63, 3.8) is 0 Å². The Hall–Kier alpha value is -2.75. The topological polar surface area (TPSA) is 44.8 Å². The third kappa shape index (κ3) is 3.13. The van der Waals surface area contributed by atoms with Crippen molar-refractivity contribution in [2.24, 2.45) is 0 Å². The molecule has 0 N–H and O–H groups in total. The molecular weight excluding hydrogens is 304 g/mol. The molecule has 1 unspecified atom stereocenters. The third-order valence-electron chi connectivity index (χ3n) is 4.02. The number of methoxy groups -OCH3 is 2. The van der Waals surface area contributed by atoms with Gasteiger partial charge in [-0.3, -0.25) is 4.79 Å². The number of rotatable bonds is 5. The fourth-order valence-corrected chi connectivity index (χ4v) is 2.87. The third-order valence-corrected chi connectivity index (χ3v) is 4.02. The van der Waals surface area contributed by atoms with E-state index in [1.807, 2.05) is 48.5 Å². The van der Waals surface area contributed by atoms with Gasteiger partial charge in [0.2, 0.25) is 0 Å². The average molecular weight is 324 g/mol. The van der Waals surface area contributed by atoms with E-state index in [2.05, 4.69) is 0 Å². The molecule has 0 fully saturated rings. The highest BCUT2D eigenvalue weighted by molar-refractivity contribution is 5.83. The molecule has 1 aliphatic heterocycles. The van der Waals surface area contributed by atoms with Gasteiger partial charge in [0.25, 0.3) is 0 Å². The van der Waals surface area contributed by atoms with E-state index < -0.39 is 0 Å². The molecule has 124 valence electrons. The summed E-state index contributed by atoms with van der Waals surface area (Å²) in [5.74, 6) is 2.12. The number of hydrogen-bond acceptors (Lipinski definition) is 4. The van der Waals surface area contributed by atoms with Crippen molar-refractivity contribution in [3.8, 4) is 11.5 Å². The first-order valence-corrected chi connectivity index (χ1v) is 7.81. The molecular formula is C20H20O4. The Kier molecular flexibility index (Phi) is 4.56. The summed E-state index contributed by atoms with van der Waals surface area (Å²) in [4.78, 5) is 11.7. The quantitative estimate of drug-likeness (QED) is 0.824. The van der Waals surface area contributed by atoms with Gasteiger partial charge in [0.15, 0.2) is 11.5 Å². The number of carbonyl (C=O) groups is 1. The second kappa shape index (κ2) is 6.79. The van der Waals surface area contributed by atoms with E-state index in [4.69, 9.17) is 14.2 Å². The Morgan fingerprint density at radius 2 is 1.75 bits per heavy atom. The number of ether oxygens (including phenoxy) is 3. The fourth-order valence-electron chi connectivity index (χ4n) is 2.87. The van der Waals surface area contributed by atoms with Gasteiger partial charge in [0, 0.05) is 17.5 Å². The summed E-state index contributed by atoms with van der Waals surface area (Å²) >= 11 is 0. The van der Waals surface area contributed by atoms with Crippen LogP contribution in [0.15, 0.2) is 42.5 Å². The van der Waals surface area contributed by atoms with Gasteiger partial charge in [-0.15, -0.1) is 0 Å². The zero-order chi connectivity index (χ0) is 17.1. The first kappa shape index (κ1) is 16.1. The van der Waals surface area contributed by atoms with Gasteiger partial charge in [0.1, 0.15) is 17.6 Å². The lowest BCUT2D eigenvalue weighted by Crippen LogP contribution is -2.14. The smallest absolute Gasteiger partial charge is 0.161 e. The van der Waals surface area contributed by atoms with E-state index in [0.29, 0.717) is 17.9 Å². The van der Waals surface area contributed by atoms with Gasteiger partial charge in [-0.1, -0.05) is 30.3 Å². The van der Waals surface area contributed by atoms with Gasteiger partial charge >= 0.3 is 0 Å². The lowest BCUT2D eigenvalue weighted by molar-refractivity contribution is -0.118. The van der Waals surface area contributed by atoms with Crippen LogP contribution in [0.25, 0.3) is 11.8 Å². The predicted molar refractivity (Wildman–Crippen MR) is 93.0 cm³/mol. The maximum absolute atomic E-state index is 11.7. The van der Waals surface area contributed by atoms with Gasteiger partial charge in [-0.05, 0) is 30.7 Å². The molecule has 0 aliphatic carbocycles. The van der Waals surface area contributed by atoms with Crippen molar-refractivity contribution in [1.29, 1.82) is 0 Å². The van der Waals surface area contributed by atoms with Crippen molar-refractivity contribution in [3.05, 3.63) is 59.2 Å². The molecule has 0 aromatic heterocycles. The van der Waals surface area contributed by atoms with Crippen molar-refractivity contribution in [1.82, 2.24) is 0 Å². The minimum atomic E-state index is -0.336. The second-order valence-corrected chi connectivity index (χ2v) is 5.72. The van der Waals surface area contributed by atoms with Gasteiger partial charge in [0.05, 0.1) is 14.2 Å². The molecule has 1 heterocycles. The Labute approximate surface area is 141 Å². The van der Waals surface area contributed by atoms with Crippen LogP contribution in [0.3, 0.4) is 0 Å². The summed E-state index contributed by atoms with van der Waals surface area (Å²) in [6, 6.07) is 13.7. The van der Waals surface area contributed by atoms with E-state index in [1.165, 1.54) is 0 Å². The molecule has 2 aromatic rings. The number of benzene rings is 2. The minimum absolute atomic E-state index is 0.0787. The van der Waals surface area contributed by atoms with E-state index in [-0.39, 0.29) is 11.9 Å². The highest BCUT2D eigenvalue weighted by atomic mass is 16.5. The summed E-state index contributed by atoms with van der Waals surface area (Å²) in [6.07, 6.45) is 1.95. The van der Waals surface area contributed by atoms with E-state index in [0.717, 1.165) is 22.4 Å². The largest absolute Gasteiger partial charge is 0.493 e. The van der Waals surface area contributed by atoms with Gasteiger partial charge in [-0.2, -0.15) is 0 Å². The molecule has 0 spiro atoms. The number of fused-ring (bicyclic) bond motifs is 1. The molecule has 1 atom stereocenters. The van der Waals surface area contributed by atoms with E-state index in [9.17, 15) is 4.79 Å². The average Bonchev–Trinajstić information content (AvgIpc) is 2.60. The second-order valence-electron chi connectivity index (χ2n) is 5.72. The Morgan fingerprint density at radius 3 is 2.38 bits per heavy atom. The molecule has 3 rings (SSSR count). The van der Waals surface area contributed by atoms with Crippen LogP contribution in [0.1, 0.15) is 36.1 Å². The van der Waals surface area contributed by atoms with Crippen LogP contribution in [0.5, 0.6) is 11.5 Å². The maximum atomic E-state index is 11.7.